The van der Waals surface area contributed by atoms with Crippen LogP contribution in [0.4, 0.5) is 14.6 Å². The summed E-state index contributed by atoms with van der Waals surface area (Å²) < 4.78 is 27.8. The first-order valence-corrected chi connectivity index (χ1v) is 9.34. The lowest BCUT2D eigenvalue weighted by Crippen LogP contribution is -2.41. The van der Waals surface area contributed by atoms with E-state index in [2.05, 4.69) is 15.1 Å². The van der Waals surface area contributed by atoms with Crippen molar-refractivity contribution in [2.75, 3.05) is 18.0 Å². The summed E-state index contributed by atoms with van der Waals surface area (Å²) >= 11 is 0. The van der Waals surface area contributed by atoms with E-state index in [9.17, 15) is 13.6 Å². The van der Waals surface area contributed by atoms with Crippen LogP contribution in [-0.4, -0.2) is 40.2 Å². The van der Waals surface area contributed by atoms with E-state index < -0.39 is 17.7 Å². The second-order valence-electron chi connectivity index (χ2n) is 7.03. The molecule has 0 saturated carbocycles. The van der Waals surface area contributed by atoms with E-state index in [-0.39, 0.29) is 17.4 Å². The Morgan fingerprint density at radius 2 is 1.97 bits per heavy atom. The monoisotopic (exact) mass is 396 g/mol. The van der Waals surface area contributed by atoms with E-state index in [1.165, 1.54) is 11.3 Å². The predicted octanol–water partition coefficient (Wildman–Crippen LogP) is 2.80. The zero-order valence-electron chi connectivity index (χ0n) is 15.5. The van der Waals surface area contributed by atoms with Gasteiger partial charge < -0.3 is 4.90 Å². The number of hydrogen-bond acceptors (Lipinski definition) is 6. The number of hydrogen-bond donors (Lipinski definition) is 0. The van der Waals surface area contributed by atoms with Gasteiger partial charge in [0, 0.05) is 43.3 Å². The Morgan fingerprint density at radius 3 is 2.72 bits per heavy atom. The van der Waals surface area contributed by atoms with Crippen LogP contribution in [0.15, 0.2) is 35.7 Å². The standard InChI is InChI=1S/C20H18F2N6O/c21-14-1-2-17(22)16(9-14)18-3-6-26-28(18)20(29)13-4-7-27(8-5-13)19-10-15(11-23)24-12-25-19/h1-2,6,9-10,12-13,18H,3-5,7-8H2. The average Bonchev–Trinajstić information content (AvgIpc) is 3.24. The van der Waals surface area contributed by atoms with Gasteiger partial charge in [-0.2, -0.15) is 10.4 Å². The van der Waals surface area contributed by atoms with Gasteiger partial charge in [0.05, 0.1) is 6.04 Å². The van der Waals surface area contributed by atoms with E-state index >= 15 is 0 Å². The molecule has 1 saturated heterocycles. The third kappa shape index (κ3) is 3.78. The number of anilines is 1. The minimum atomic E-state index is -0.628. The molecule has 1 aromatic heterocycles. The van der Waals surface area contributed by atoms with Gasteiger partial charge in [0.2, 0.25) is 5.91 Å². The fourth-order valence-corrected chi connectivity index (χ4v) is 3.78. The fraction of sp³-hybridized carbons (Fsp3) is 0.350. The summed E-state index contributed by atoms with van der Waals surface area (Å²) in [6.45, 7) is 1.18. The highest BCUT2D eigenvalue weighted by atomic mass is 19.1. The third-order valence-electron chi connectivity index (χ3n) is 5.31. The molecule has 9 heteroatoms. The summed E-state index contributed by atoms with van der Waals surface area (Å²) in [5, 5.41) is 14.4. The van der Waals surface area contributed by atoms with Crippen molar-refractivity contribution >= 4 is 17.9 Å². The van der Waals surface area contributed by atoms with Crippen LogP contribution in [0, 0.1) is 28.9 Å². The summed E-state index contributed by atoms with van der Waals surface area (Å²) in [7, 11) is 0. The fourth-order valence-electron chi connectivity index (χ4n) is 3.78. The van der Waals surface area contributed by atoms with Crippen LogP contribution >= 0.6 is 0 Å². The highest BCUT2D eigenvalue weighted by Crippen LogP contribution is 2.33. The molecule has 0 spiro atoms. The molecule has 1 unspecified atom stereocenters. The number of nitriles is 1. The van der Waals surface area contributed by atoms with Crippen molar-refractivity contribution in [1.29, 1.82) is 5.26 Å². The molecule has 1 atom stereocenters. The maximum atomic E-state index is 14.2. The SMILES string of the molecule is N#Cc1cc(N2CCC(C(=O)N3N=CCC3c3cc(F)ccc3F)CC2)ncn1. The number of carbonyl (C=O) groups excluding carboxylic acids is 1. The summed E-state index contributed by atoms with van der Waals surface area (Å²) in [4.78, 5) is 23.1. The molecule has 3 heterocycles. The van der Waals surface area contributed by atoms with E-state index in [0.717, 1.165) is 18.2 Å². The van der Waals surface area contributed by atoms with Gasteiger partial charge in [-0.05, 0) is 31.0 Å². The van der Waals surface area contributed by atoms with Crippen molar-refractivity contribution in [2.24, 2.45) is 11.0 Å². The highest BCUT2D eigenvalue weighted by molar-refractivity contribution is 5.82. The smallest absolute Gasteiger partial charge is 0.246 e. The Labute approximate surface area is 166 Å². The molecule has 148 valence electrons. The maximum absolute atomic E-state index is 14.2. The van der Waals surface area contributed by atoms with Crippen molar-refractivity contribution in [2.45, 2.75) is 25.3 Å². The van der Waals surface area contributed by atoms with Gasteiger partial charge in [-0.25, -0.2) is 23.8 Å². The van der Waals surface area contributed by atoms with Gasteiger partial charge in [-0.15, -0.1) is 0 Å². The van der Waals surface area contributed by atoms with Gasteiger partial charge in [-0.3, -0.25) is 4.79 Å². The second-order valence-corrected chi connectivity index (χ2v) is 7.03. The first-order chi connectivity index (χ1) is 14.1. The lowest BCUT2D eigenvalue weighted by Gasteiger charge is -2.34. The van der Waals surface area contributed by atoms with Crippen LogP contribution in [0.25, 0.3) is 0 Å². The second kappa shape index (κ2) is 7.91. The van der Waals surface area contributed by atoms with Gasteiger partial charge >= 0.3 is 0 Å². The van der Waals surface area contributed by atoms with Crippen LogP contribution in [0.1, 0.15) is 36.6 Å². The van der Waals surface area contributed by atoms with E-state index in [4.69, 9.17) is 5.26 Å². The van der Waals surface area contributed by atoms with Crippen LogP contribution in [0.5, 0.6) is 0 Å². The average molecular weight is 396 g/mol. The number of halogens is 2. The van der Waals surface area contributed by atoms with Crippen molar-refractivity contribution in [1.82, 2.24) is 15.0 Å². The molecule has 0 bridgehead atoms. The molecule has 2 aliphatic heterocycles. The van der Waals surface area contributed by atoms with Gasteiger partial charge in [0.15, 0.2) is 0 Å². The molecule has 7 nitrogen and oxygen atoms in total. The van der Waals surface area contributed by atoms with Gasteiger partial charge in [0.25, 0.3) is 0 Å². The summed E-state index contributed by atoms with van der Waals surface area (Å²) in [6.07, 6.45) is 4.42. The maximum Gasteiger partial charge on any atom is 0.246 e. The van der Waals surface area contributed by atoms with Gasteiger partial charge in [0.1, 0.15) is 35.5 Å². The van der Waals surface area contributed by atoms with E-state index in [0.29, 0.717) is 43.9 Å². The molecule has 0 aliphatic carbocycles. The van der Waals surface area contributed by atoms with Crippen LogP contribution < -0.4 is 4.90 Å². The Kier molecular flexibility index (Phi) is 5.16. The van der Waals surface area contributed by atoms with Crippen molar-refractivity contribution < 1.29 is 13.6 Å². The van der Waals surface area contributed by atoms with Gasteiger partial charge in [-0.1, -0.05) is 0 Å². The summed E-state index contributed by atoms with van der Waals surface area (Å²) in [5.74, 6) is -0.895. The van der Waals surface area contributed by atoms with Crippen molar-refractivity contribution in [3.05, 3.63) is 53.5 Å². The summed E-state index contributed by atoms with van der Waals surface area (Å²) in [5.41, 5.74) is 0.429. The number of hydrazone groups is 1. The molecule has 29 heavy (non-hydrogen) atoms. The Morgan fingerprint density at radius 1 is 1.17 bits per heavy atom. The molecular weight excluding hydrogens is 378 g/mol. The Bertz CT molecular complexity index is 997. The number of nitrogens with zero attached hydrogens (tertiary/aromatic N) is 6. The zero-order chi connectivity index (χ0) is 20.4. The first kappa shape index (κ1) is 18.9. The first-order valence-electron chi connectivity index (χ1n) is 9.34. The van der Waals surface area contributed by atoms with Crippen LogP contribution in [0.3, 0.4) is 0 Å². The number of piperidine rings is 1. The Balaban J connectivity index is 1.44. The summed E-state index contributed by atoms with van der Waals surface area (Å²) in [6, 6.07) is 6.23. The highest BCUT2D eigenvalue weighted by Gasteiger charge is 2.36. The minimum absolute atomic E-state index is 0.137. The molecule has 4 rings (SSSR count). The van der Waals surface area contributed by atoms with Crippen LogP contribution in [0.2, 0.25) is 0 Å². The topological polar surface area (TPSA) is 85.5 Å². The molecule has 1 aromatic carbocycles. The van der Waals surface area contributed by atoms with Crippen molar-refractivity contribution in [3.63, 3.8) is 0 Å². The number of aromatic nitrogens is 2. The largest absolute Gasteiger partial charge is 0.356 e. The minimum Gasteiger partial charge on any atom is -0.356 e. The quantitative estimate of drug-likeness (QED) is 0.796. The van der Waals surface area contributed by atoms with E-state index in [1.54, 1.807) is 12.3 Å². The molecule has 2 aromatic rings. The number of rotatable bonds is 3. The number of carbonyl (C=O) groups is 1. The number of amides is 1. The van der Waals surface area contributed by atoms with Crippen molar-refractivity contribution in [3.8, 4) is 6.07 Å². The zero-order valence-corrected chi connectivity index (χ0v) is 15.5. The third-order valence-corrected chi connectivity index (χ3v) is 5.31. The molecular formula is C20H18F2N6O. The number of benzene rings is 1. The molecule has 0 N–H and O–H groups in total. The molecule has 2 aliphatic rings. The van der Waals surface area contributed by atoms with Crippen LogP contribution in [-0.2, 0) is 4.79 Å². The Hall–Kier alpha value is -3.41. The lowest BCUT2D eigenvalue weighted by molar-refractivity contribution is -0.138. The van der Waals surface area contributed by atoms with E-state index in [1.807, 2.05) is 11.0 Å². The predicted molar refractivity (Wildman–Crippen MR) is 101 cm³/mol. The lowest BCUT2D eigenvalue weighted by atomic mass is 9.94. The molecule has 1 amide bonds. The molecule has 1 fully saturated rings. The molecule has 0 radical (unpaired) electrons. The normalized spacial score (nSPS) is 19.4.